The first kappa shape index (κ1) is 13.4. The van der Waals surface area contributed by atoms with Crippen LogP contribution in [-0.2, 0) is 5.41 Å². The number of rotatable bonds is 2. The van der Waals surface area contributed by atoms with Gasteiger partial charge < -0.3 is 0 Å². The lowest BCUT2D eigenvalue weighted by Gasteiger charge is -2.17. The zero-order valence-corrected chi connectivity index (χ0v) is 12.8. The van der Waals surface area contributed by atoms with Gasteiger partial charge in [0.05, 0.1) is 5.69 Å². The van der Waals surface area contributed by atoms with E-state index < -0.39 is 0 Å². The van der Waals surface area contributed by atoms with Gasteiger partial charge in [0.25, 0.3) is 0 Å². The molecule has 0 unspecified atom stereocenters. The van der Waals surface area contributed by atoms with Crippen LogP contribution in [0.5, 0.6) is 0 Å². The fourth-order valence-corrected chi connectivity index (χ4v) is 2.98. The molecule has 0 bridgehead atoms. The number of nitrogens with zero attached hydrogens (tertiary/aromatic N) is 4. The zero-order chi connectivity index (χ0) is 13.5. The summed E-state index contributed by atoms with van der Waals surface area (Å²) in [5.74, 6) is 0.829. The van der Waals surface area contributed by atoms with Gasteiger partial charge in [-0.05, 0) is 37.6 Å². The van der Waals surface area contributed by atoms with Gasteiger partial charge in [0.2, 0.25) is 0 Å². The van der Waals surface area contributed by atoms with Gasteiger partial charge in [0, 0.05) is 11.5 Å². The first-order valence-corrected chi connectivity index (χ1v) is 7.00. The number of hydrogen-bond acceptors (Lipinski definition) is 5. The van der Waals surface area contributed by atoms with Crippen molar-refractivity contribution in [3.8, 4) is 10.7 Å². The Morgan fingerprint density at radius 3 is 2.56 bits per heavy atom. The molecule has 7 heteroatoms. The molecule has 5 nitrogen and oxygen atoms in total. The molecule has 0 saturated heterocycles. The predicted molar refractivity (Wildman–Crippen MR) is 75.4 cm³/mol. The van der Waals surface area contributed by atoms with Crippen molar-refractivity contribution >= 4 is 23.8 Å². The van der Waals surface area contributed by atoms with Crippen molar-refractivity contribution in [1.82, 2.24) is 24.4 Å². The SMILES string of the molecule is CC(C)n1c(-c2snnc2C(C)(C)C)n[nH]c1=S. The Bertz CT molecular complexity index is 599. The molecule has 18 heavy (non-hydrogen) atoms. The van der Waals surface area contributed by atoms with E-state index in [1.165, 1.54) is 11.5 Å². The molecule has 2 aromatic rings. The van der Waals surface area contributed by atoms with Gasteiger partial charge in [-0.2, -0.15) is 5.10 Å². The molecule has 0 aromatic carbocycles. The summed E-state index contributed by atoms with van der Waals surface area (Å²) in [6.45, 7) is 10.5. The van der Waals surface area contributed by atoms with Crippen LogP contribution in [0.2, 0.25) is 0 Å². The molecule has 0 atom stereocenters. The highest BCUT2D eigenvalue weighted by atomic mass is 32.1. The van der Waals surface area contributed by atoms with Gasteiger partial charge in [-0.25, -0.2) is 0 Å². The van der Waals surface area contributed by atoms with E-state index in [1.54, 1.807) is 0 Å². The minimum atomic E-state index is -0.0578. The Labute approximate surface area is 115 Å². The first-order chi connectivity index (χ1) is 8.32. The van der Waals surface area contributed by atoms with Gasteiger partial charge in [0.1, 0.15) is 4.88 Å². The van der Waals surface area contributed by atoms with Gasteiger partial charge in [-0.15, -0.1) is 5.10 Å². The molecule has 0 aliphatic heterocycles. The molecule has 0 spiro atoms. The number of aromatic amines is 1. The highest BCUT2D eigenvalue weighted by Crippen LogP contribution is 2.33. The summed E-state index contributed by atoms with van der Waals surface area (Å²) in [5.41, 5.74) is 0.904. The summed E-state index contributed by atoms with van der Waals surface area (Å²) in [4.78, 5) is 0.989. The van der Waals surface area contributed by atoms with E-state index in [9.17, 15) is 0 Å². The smallest absolute Gasteiger partial charge is 0.195 e. The van der Waals surface area contributed by atoms with Crippen LogP contribution in [0.25, 0.3) is 10.7 Å². The Morgan fingerprint density at radius 2 is 2.00 bits per heavy atom. The van der Waals surface area contributed by atoms with Crippen LogP contribution >= 0.6 is 23.8 Å². The lowest BCUT2D eigenvalue weighted by Crippen LogP contribution is -2.14. The summed E-state index contributed by atoms with van der Waals surface area (Å²) < 4.78 is 6.70. The summed E-state index contributed by atoms with van der Waals surface area (Å²) in [5, 5.41) is 11.4. The molecular formula is C11H17N5S2. The second kappa shape index (κ2) is 4.55. The van der Waals surface area contributed by atoms with Gasteiger partial charge >= 0.3 is 0 Å². The number of hydrogen-bond donors (Lipinski definition) is 1. The third kappa shape index (κ3) is 2.24. The minimum Gasteiger partial charge on any atom is -0.297 e. The maximum absolute atomic E-state index is 5.27. The van der Waals surface area contributed by atoms with Gasteiger partial charge in [0.15, 0.2) is 10.6 Å². The Morgan fingerprint density at radius 1 is 1.33 bits per heavy atom. The topological polar surface area (TPSA) is 59.4 Å². The summed E-state index contributed by atoms with van der Waals surface area (Å²) >= 11 is 6.63. The Kier molecular flexibility index (Phi) is 3.37. The molecule has 0 radical (unpaired) electrons. The van der Waals surface area contributed by atoms with Crippen molar-refractivity contribution < 1.29 is 0 Å². The fraction of sp³-hybridized carbons (Fsp3) is 0.636. The summed E-state index contributed by atoms with van der Waals surface area (Å²) in [7, 11) is 0. The van der Waals surface area contributed by atoms with Gasteiger partial charge in [-0.1, -0.05) is 25.3 Å². The summed E-state index contributed by atoms with van der Waals surface area (Å²) in [6.07, 6.45) is 0. The first-order valence-electron chi connectivity index (χ1n) is 5.82. The van der Waals surface area contributed by atoms with E-state index >= 15 is 0 Å². The van der Waals surface area contributed by atoms with E-state index in [0.29, 0.717) is 4.77 Å². The van der Waals surface area contributed by atoms with Crippen LogP contribution in [0.4, 0.5) is 0 Å². The quantitative estimate of drug-likeness (QED) is 0.859. The molecule has 98 valence electrons. The van der Waals surface area contributed by atoms with Crippen LogP contribution in [0, 0.1) is 4.77 Å². The lowest BCUT2D eigenvalue weighted by atomic mass is 9.91. The fourth-order valence-electron chi connectivity index (χ4n) is 1.77. The Balaban J connectivity index is 2.64. The van der Waals surface area contributed by atoms with Crippen molar-refractivity contribution in [2.75, 3.05) is 0 Å². The van der Waals surface area contributed by atoms with Crippen LogP contribution in [0.15, 0.2) is 0 Å². The minimum absolute atomic E-state index is 0.0578. The number of nitrogens with one attached hydrogen (secondary N) is 1. The van der Waals surface area contributed by atoms with Gasteiger partial charge in [-0.3, -0.25) is 9.67 Å². The van der Waals surface area contributed by atoms with Crippen molar-refractivity contribution in [3.05, 3.63) is 10.5 Å². The van der Waals surface area contributed by atoms with Crippen molar-refractivity contribution in [2.24, 2.45) is 0 Å². The molecule has 0 fully saturated rings. The molecular weight excluding hydrogens is 266 g/mol. The van der Waals surface area contributed by atoms with E-state index in [0.717, 1.165) is 16.4 Å². The average molecular weight is 283 g/mol. The monoisotopic (exact) mass is 283 g/mol. The molecule has 1 N–H and O–H groups in total. The molecule has 0 aliphatic rings. The van der Waals surface area contributed by atoms with Crippen LogP contribution in [-0.4, -0.2) is 24.4 Å². The van der Waals surface area contributed by atoms with Crippen molar-refractivity contribution in [3.63, 3.8) is 0 Å². The average Bonchev–Trinajstić information content (AvgIpc) is 2.80. The standard InChI is InChI=1S/C11H17N5S2/c1-6(2)16-9(13-14-10(16)17)7-8(11(3,4)5)12-15-18-7/h6H,1-5H3,(H,14,17). The highest BCUT2D eigenvalue weighted by Gasteiger charge is 2.26. The van der Waals surface area contributed by atoms with Crippen LogP contribution in [0.3, 0.4) is 0 Å². The van der Waals surface area contributed by atoms with Crippen molar-refractivity contribution in [1.29, 1.82) is 0 Å². The zero-order valence-electron chi connectivity index (χ0n) is 11.2. The number of H-pyrrole nitrogens is 1. The lowest BCUT2D eigenvalue weighted by molar-refractivity contribution is 0.563. The maximum Gasteiger partial charge on any atom is 0.195 e. The maximum atomic E-state index is 5.27. The van der Waals surface area contributed by atoms with Crippen LogP contribution < -0.4 is 0 Å². The van der Waals surface area contributed by atoms with Crippen molar-refractivity contribution in [2.45, 2.75) is 46.1 Å². The highest BCUT2D eigenvalue weighted by molar-refractivity contribution is 7.71. The van der Waals surface area contributed by atoms with E-state index in [2.05, 4.69) is 54.4 Å². The van der Waals surface area contributed by atoms with E-state index in [1.807, 2.05) is 4.57 Å². The Hall–Kier alpha value is -1.08. The van der Waals surface area contributed by atoms with E-state index in [4.69, 9.17) is 12.2 Å². The molecule has 0 aliphatic carbocycles. The largest absolute Gasteiger partial charge is 0.297 e. The number of aromatic nitrogens is 5. The second-order valence-corrected chi connectivity index (χ2v) is 6.66. The van der Waals surface area contributed by atoms with Crippen LogP contribution in [0.1, 0.15) is 46.4 Å². The molecule has 0 saturated carbocycles. The second-order valence-electron chi connectivity index (χ2n) is 5.52. The molecule has 2 rings (SSSR count). The molecule has 2 heterocycles. The third-order valence-corrected chi connectivity index (χ3v) is 3.63. The predicted octanol–water partition coefficient (Wildman–Crippen LogP) is 3.34. The normalized spacial score (nSPS) is 12.3. The van der Waals surface area contributed by atoms with E-state index in [-0.39, 0.29) is 11.5 Å². The third-order valence-electron chi connectivity index (χ3n) is 2.62. The molecule has 0 amide bonds. The molecule has 2 aromatic heterocycles. The summed E-state index contributed by atoms with van der Waals surface area (Å²) in [6, 6.07) is 0.251.